The van der Waals surface area contributed by atoms with Crippen molar-refractivity contribution in [2.24, 2.45) is 11.7 Å². The molecular formula is C13H27N3. The van der Waals surface area contributed by atoms with Gasteiger partial charge in [-0.3, -0.25) is 0 Å². The lowest BCUT2D eigenvalue weighted by atomic mass is 9.89. The minimum Gasteiger partial charge on any atom is -0.329 e. The summed E-state index contributed by atoms with van der Waals surface area (Å²) in [7, 11) is 2.20. The van der Waals surface area contributed by atoms with Crippen molar-refractivity contribution in [1.82, 2.24) is 10.2 Å². The highest BCUT2D eigenvalue weighted by molar-refractivity contribution is 4.94. The topological polar surface area (TPSA) is 41.3 Å². The summed E-state index contributed by atoms with van der Waals surface area (Å²) in [6.45, 7) is 4.28. The van der Waals surface area contributed by atoms with Crippen molar-refractivity contribution in [2.75, 3.05) is 33.2 Å². The van der Waals surface area contributed by atoms with E-state index in [1.165, 1.54) is 45.1 Å². The number of nitrogens with zero attached hydrogens (tertiary/aromatic N) is 1. The minimum absolute atomic E-state index is 0.205. The summed E-state index contributed by atoms with van der Waals surface area (Å²) in [6.07, 6.45) is 8.23. The number of likely N-dealkylation sites (N-methyl/N-ethyl adjacent to an activating group) is 1. The zero-order chi connectivity index (χ0) is 11.4. The Bertz CT molecular complexity index is 215. The quantitative estimate of drug-likeness (QED) is 0.667. The van der Waals surface area contributed by atoms with Crippen LogP contribution in [0.4, 0.5) is 0 Å². The van der Waals surface area contributed by atoms with E-state index in [0.29, 0.717) is 0 Å². The maximum Gasteiger partial charge on any atom is 0.0432 e. The Kier molecular flexibility index (Phi) is 4.22. The molecule has 0 aromatic carbocycles. The van der Waals surface area contributed by atoms with Crippen LogP contribution in [0, 0.1) is 5.92 Å². The van der Waals surface area contributed by atoms with Gasteiger partial charge < -0.3 is 16.0 Å². The molecule has 16 heavy (non-hydrogen) atoms. The third-order valence-electron chi connectivity index (χ3n) is 4.14. The molecule has 3 N–H and O–H groups in total. The van der Waals surface area contributed by atoms with Crippen molar-refractivity contribution in [3.63, 3.8) is 0 Å². The molecule has 1 aliphatic heterocycles. The predicted octanol–water partition coefficient (Wildman–Crippen LogP) is 1.19. The van der Waals surface area contributed by atoms with Crippen LogP contribution >= 0.6 is 0 Å². The van der Waals surface area contributed by atoms with Gasteiger partial charge in [0, 0.05) is 18.6 Å². The predicted molar refractivity (Wildman–Crippen MR) is 68.5 cm³/mol. The highest BCUT2D eigenvalue weighted by Gasteiger charge is 2.32. The average Bonchev–Trinajstić information content (AvgIpc) is 3.08. The summed E-state index contributed by atoms with van der Waals surface area (Å²) >= 11 is 0. The standard InChI is InChI=1S/C13H27N3/c1-16-9-3-7-13(10-14,11-16)15-8-2-4-12-5-6-12/h12,15H,2-11,14H2,1H3. The van der Waals surface area contributed by atoms with E-state index < -0.39 is 0 Å². The molecule has 0 radical (unpaired) electrons. The summed E-state index contributed by atoms with van der Waals surface area (Å²) in [5.41, 5.74) is 6.17. The second kappa shape index (κ2) is 5.48. The molecule has 1 heterocycles. The van der Waals surface area contributed by atoms with Gasteiger partial charge in [0.05, 0.1) is 0 Å². The lowest BCUT2D eigenvalue weighted by Gasteiger charge is -2.41. The molecule has 2 aliphatic rings. The van der Waals surface area contributed by atoms with E-state index in [4.69, 9.17) is 5.73 Å². The van der Waals surface area contributed by atoms with Crippen molar-refractivity contribution in [2.45, 2.75) is 44.1 Å². The number of hydrogen-bond acceptors (Lipinski definition) is 3. The first kappa shape index (κ1) is 12.3. The normalized spacial score (nSPS) is 31.9. The molecule has 3 nitrogen and oxygen atoms in total. The number of likely N-dealkylation sites (tertiary alicyclic amines) is 1. The van der Waals surface area contributed by atoms with E-state index in [1.807, 2.05) is 0 Å². The number of rotatable bonds is 6. The highest BCUT2D eigenvalue weighted by atomic mass is 15.2. The van der Waals surface area contributed by atoms with Gasteiger partial charge in [0.25, 0.3) is 0 Å². The number of piperidine rings is 1. The molecule has 0 aromatic heterocycles. The summed E-state index contributed by atoms with van der Waals surface area (Å²) in [5.74, 6) is 1.06. The summed E-state index contributed by atoms with van der Waals surface area (Å²) in [4.78, 5) is 2.41. The second-order valence-corrected chi connectivity index (χ2v) is 5.84. The van der Waals surface area contributed by atoms with Gasteiger partial charge in [-0.25, -0.2) is 0 Å². The first-order valence-corrected chi connectivity index (χ1v) is 6.88. The smallest absolute Gasteiger partial charge is 0.0432 e. The van der Waals surface area contributed by atoms with Gasteiger partial charge in [-0.05, 0) is 51.7 Å². The molecule has 2 fully saturated rings. The monoisotopic (exact) mass is 225 g/mol. The van der Waals surface area contributed by atoms with Crippen LogP contribution < -0.4 is 11.1 Å². The third-order valence-corrected chi connectivity index (χ3v) is 4.14. The van der Waals surface area contributed by atoms with E-state index in [-0.39, 0.29) is 5.54 Å². The molecule has 3 heteroatoms. The Hall–Kier alpha value is -0.120. The number of nitrogens with two attached hydrogens (primary N) is 1. The van der Waals surface area contributed by atoms with Gasteiger partial charge in [0.15, 0.2) is 0 Å². The zero-order valence-corrected chi connectivity index (χ0v) is 10.7. The van der Waals surface area contributed by atoms with Gasteiger partial charge in [0.2, 0.25) is 0 Å². The number of nitrogens with one attached hydrogen (secondary N) is 1. The first-order valence-electron chi connectivity index (χ1n) is 6.88. The molecule has 0 bridgehead atoms. The maximum absolute atomic E-state index is 5.97. The summed E-state index contributed by atoms with van der Waals surface area (Å²) in [6, 6.07) is 0. The first-order chi connectivity index (χ1) is 7.74. The fourth-order valence-corrected chi connectivity index (χ4v) is 2.90. The van der Waals surface area contributed by atoms with Crippen LogP contribution in [0.5, 0.6) is 0 Å². The van der Waals surface area contributed by atoms with Crippen molar-refractivity contribution in [1.29, 1.82) is 0 Å². The Morgan fingerprint density at radius 2 is 2.25 bits per heavy atom. The second-order valence-electron chi connectivity index (χ2n) is 5.84. The fraction of sp³-hybridized carbons (Fsp3) is 1.00. The lowest BCUT2D eigenvalue weighted by Crippen LogP contribution is -2.60. The Morgan fingerprint density at radius 1 is 1.44 bits per heavy atom. The molecule has 0 spiro atoms. The van der Waals surface area contributed by atoms with E-state index in [9.17, 15) is 0 Å². The van der Waals surface area contributed by atoms with Gasteiger partial charge in [-0.1, -0.05) is 12.8 Å². The van der Waals surface area contributed by atoms with Crippen molar-refractivity contribution >= 4 is 0 Å². The Morgan fingerprint density at radius 3 is 2.88 bits per heavy atom. The van der Waals surface area contributed by atoms with Crippen molar-refractivity contribution in [3.8, 4) is 0 Å². The average molecular weight is 225 g/mol. The Balaban J connectivity index is 1.69. The molecule has 1 unspecified atom stereocenters. The molecule has 1 aliphatic carbocycles. The van der Waals surface area contributed by atoms with Crippen LogP contribution in [-0.2, 0) is 0 Å². The van der Waals surface area contributed by atoms with Crippen molar-refractivity contribution < 1.29 is 0 Å². The number of hydrogen-bond donors (Lipinski definition) is 2. The van der Waals surface area contributed by atoms with Crippen LogP contribution in [0.2, 0.25) is 0 Å². The largest absolute Gasteiger partial charge is 0.329 e. The van der Waals surface area contributed by atoms with Crippen LogP contribution in [0.25, 0.3) is 0 Å². The SMILES string of the molecule is CN1CCCC(CN)(NCCCC2CC2)C1. The van der Waals surface area contributed by atoms with E-state index in [1.54, 1.807) is 0 Å². The molecule has 0 aromatic rings. The van der Waals surface area contributed by atoms with Crippen LogP contribution in [0.3, 0.4) is 0 Å². The maximum atomic E-state index is 5.97. The van der Waals surface area contributed by atoms with Gasteiger partial charge in [0.1, 0.15) is 0 Å². The Labute approximate surface area is 99.8 Å². The molecule has 1 saturated heterocycles. The minimum atomic E-state index is 0.205. The molecule has 0 amide bonds. The highest BCUT2D eigenvalue weighted by Crippen LogP contribution is 2.33. The third kappa shape index (κ3) is 3.44. The van der Waals surface area contributed by atoms with Crippen LogP contribution in [-0.4, -0.2) is 43.7 Å². The molecule has 1 saturated carbocycles. The summed E-state index contributed by atoms with van der Waals surface area (Å²) < 4.78 is 0. The van der Waals surface area contributed by atoms with E-state index in [2.05, 4.69) is 17.3 Å². The molecule has 94 valence electrons. The van der Waals surface area contributed by atoms with Gasteiger partial charge in [-0.15, -0.1) is 0 Å². The summed E-state index contributed by atoms with van der Waals surface area (Å²) in [5, 5.41) is 3.73. The van der Waals surface area contributed by atoms with Gasteiger partial charge >= 0.3 is 0 Å². The van der Waals surface area contributed by atoms with Crippen molar-refractivity contribution in [3.05, 3.63) is 0 Å². The van der Waals surface area contributed by atoms with Crippen LogP contribution in [0.15, 0.2) is 0 Å². The van der Waals surface area contributed by atoms with Gasteiger partial charge in [-0.2, -0.15) is 0 Å². The van der Waals surface area contributed by atoms with E-state index in [0.717, 1.165) is 25.6 Å². The van der Waals surface area contributed by atoms with E-state index >= 15 is 0 Å². The molecule has 1 atom stereocenters. The lowest BCUT2D eigenvalue weighted by molar-refractivity contribution is 0.149. The molecule has 2 rings (SSSR count). The van der Waals surface area contributed by atoms with Crippen LogP contribution in [0.1, 0.15) is 38.5 Å². The molecular weight excluding hydrogens is 198 g/mol. The fourth-order valence-electron chi connectivity index (χ4n) is 2.90. The zero-order valence-electron chi connectivity index (χ0n) is 10.7.